The van der Waals surface area contributed by atoms with Crippen LogP contribution in [0.3, 0.4) is 0 Å². The van der Waals surface area contributed by atoms with Crippen LogP contribution in [0, 0.1) is 0 Å². The number of nitrogens with one attached hydrogen (secondary N) is 1. The molecule has 21 heavy (non-hydrogen) atoms. The number of halogens is 3. The highest BCUT2D eigenvalue weighted by molar-refractivity contribution is 5.71. The molecule has 0 aliphatic heterocycles. The summed E-state index contributed by atoms with van der Waals surface area (Å²) in [6, 6.07) is 5.60. The molecule has 112 valence electrons. The normalized spacial score (nSPS) is 11.3. The third-order valence-corrected chi connectivity index (χ3v) is 2.69. The van der Waals surface area contributed by atoms with Crippen LogP contribution in [0.4, 0.5) is 13.2 Å². The Hall–Kier alpha value is -2.51. The predicted molar refractivity (Wildman–Crippen MR) is 68.4 cm³/mol. The van der Waals surface area contributed by atoms with Crippen LogP contribution in [0.25, 0.3) is 11.3 Å². The maximum Gasteiger partial charge on any atom is 0.449 e. The minimum Gasteiger partial charge on any atom is -0.493 e. The summed E-state index contributed by atoms with van der Waals surface area (Å²) in [7, 11) is 2.74. The van der Waals surface area contributed by atoms with Gasteiger partial charge in [0.1, 0.15) is 0 Å². The fourth-order valence-corrected chi connectivity index (χ4v) is 1.82. The Morgan fingerprint density at radius 3 is 2.48 bits per heavy atom. The number of nitrogens with zero attached hydrogens (tertiary/aromatic N) is 1. The number of benzene rings is 1. The van der Waals surface area contributed by atoms with Gasteiger partial charge < -0.3 is 14.5 Å². The summed E-state index contributed by atoms with van der Waals surface area (Å²) >= 11 is 0. The lowest BCUT2D eigenvalue weighted by Crippen LogP contribution is -2.19. The van der Waals surface area contributed by atoms with Crippen molar-refractivity contribution in [3.8, 4) is 22.8 Å². The van der Waals surface area contributed by atoms with Crippen molar-refractivity contribution < 1.29 is 22.6 Å². The third-order valence-electron chi connectivity index (χ3n) is 2.69. The Morgan fingerprint density at radius 1 is 1.19 bits per heavy atom. The van der Waals surface area contributed by atoms with Gasteiger partial charge in [-0.05, 0) is 12.1 Å². The molecule has 1 aromatic heterocycles. The lowest BCUT2D eigenvalue weighted by atomic mass is 10.1. The summed E-state index contributed by atoms with van der Waals surface area (Å²) in [6.45, 7) is 0. The first kappa shape index (κ1) is 14.9. The Labute approximate surface area is 117 Å². The molecule has 0 atom stereocenters. The van der Waals surface area contributed by atoms with E-state index in [1.807, 2.05) is 0 Å². The number of hydrogen-bond donors (Lipinski definition) is 1. The van der Waals surface area contributed by atoms with Crippen molar-refractivity contribution in [2.75, 3.05) is 14.2 Å². The topological polar surface area (TPSA) is 64.2 Å². The van der Waals surface area contributed by atoms with E-state index in [1.165, 1.54) is 20.3 Å². The van der Waals surface area contributed by atoms with Crippen molar-refractivity contribution in [2.24, 2.45) is 0 Å². The molecule has 1 N–H and O–H groups in total. The quantitative estimate of drug-likeness (QED) is 0.945. The van der Waals surface area contributed by atoms with Gasteiger partial charge in [0, 0.05) is 11.6 Å². The van der Waals surface area contributed by atoms with E-state index >= 15 is 0 Å². The number of alkyl halides is 3. The van der Waals surface area contributed by atoms with Crippen LogP contribution in [0.5, 0.6) is 11.5 Å². The molecule has 0 unspecified atom stereocenters. The Bertz CT molecular complexity index is 711. The van der Waals surface area contributed by atoms with E-state index in [1.54, 1.807) is 17.1 Å². The molecule has 2 rings (SSSR count). The van der Waals surface area contributed by atoms with Crippen LogP contribution in [0.15, 0.2) is 29.1 Å². The molecule has 0 spiro atoms. The van der Waals surface area contributed by atoms with E-state index < -0.39 is 17.6 Å². The van der Waals surface area contributed by atoms with Crippen LogP contribution in [0.2, 0.25) is 0 Å². The summed E-state index contributed by atoms with van der Waals surface area (Å²) in [4.78, 5) is 16.5. The van der Waals surface area contributed by atoms with Gasteiger partial charge in [0.2, 0.25) is 5.82 Å². The first-order valence-corrected chi connectivity index (χ1v) is 5.76. The van der Waals surface area contributed by atoms with Crippen LogP contribution in [-0.4, -0.2) is 24.2 Å². The van der Waals surface area contributed by atoms with Crippen LogP contribution < -0.4 is 15.0 Å². The number of hydrogen-bond acceptors (Lipinski definition) is 4. The third kappa shape index (κ3) is 2.99. The van der Waals surface area contributed by atoms with Gasteiger partial charge in [0.05, 0.1) is 19.9 Å². The predicted octanol–water partition coefficient (Wildman–Crippen LogP) is 2.47. The average molecular weight is 300 g/mol. The maximum atomic E-state index is 12.7. The fourth-order valence-electron chi connectivity index (χ4n) is 1.82. The molecule has 8 heteroatoms. The highest BCUT2D eigenvalue weighted by Gasteiger charge is 2.34. The zero-order valence-electron chi connectivity index (χ0n) is 11.1. The van der Waals surface area contributed by atoms with Gasteiger partial charge in [0.15, 0.2) is 11.5 Å². The van der Waals surface area contributed by atoms with Gasteiger partial charge >= 0.3 is 6.18 Å². The van der Waals surface area contributed by atoms with Crippen LogP contribution >= 0.6 is 0 Å². The molecular formula is C13H11F3N2O3. The standard InChI is InChI=1S/C13H11F3N2O3/c1-20-9-5-3-4-7(11(9)21-2)8-6-10(19)18-12(17-8)13(14,15)16/h3-6H,1-2H3,(H,17,18,19). The molecule has 0 bridgehead atoms. The van der Waals surface area contributed by atoms with Crippen LogP contribution in [-0.2, 0) is 6.18 Å². The zero-order valence-corrected chi connectivity index (χ0v) is 11.1. The van der Waals surface area contributed by atoms with Gasteiger partial charge in [0.25, 0.3) is 5.56 Å². The summed E-state index contributed by atoms with van der Waals surface area (Å²) in [5, 5.41) is 0. The monoisotopic (exact) mass is 300 g/mol. The molecule has 0 aliphatic rings. The van der Waals surface area contributed by atoms with Gasteiger partial charge in [-0.2, -0.15) is 13.2 Å². The number of rotatable bonds is 3. The molecule has 1 aromatic carbocycles. The molecule has 5 nitrogen and oxygen atoms in total. The first-order valence-electron chi connectivity index (χ1n) is 5.76. The maximum absolute atomic E-state index is 12.7. The summed E-state index contributed by atoms with van der Waals surface area (Å²) in [5.74, 6) is -0.841. The second kappa shape index (κ2) is 5.47. The lowest BCUT2D eigenvalue weighted by Gasteiger charge is -2.13. The molecule has 0 fully saturated rings. The lowest BCUT2D eigenvalue weighted by molar-refractivity contribution is -0.145. The van der Waals surface area contributed by atoms with E-state index in [0.717, 1.165) is 6.07 Å². The van der Waals surface area contributed by atoms with Crippen LogP contribution in [0.1, 0.15) is 5.82 Å². The van der Waals surface area contributed by atoms with Crippen molar-refractivity contribution >= 4 is 0 Å². The molecular weight excluding hydrogens is 289 g/mol. The van der Waals surface area contributed by atoms with Crippen molar-refractivity contribution in [3.63, 3.8) is 0 Å². The number of ether oxygens (including phenoxy) is 2. The molecule has 0 radical (unpaired) electrons. The van der Waals surface area contributed by atoms with E-state index in [-0.39, 0.29) is 17.0 Å². The number of H-pyrrole nitrogens is 1. The highest BCUT2D eigenvalue weighted by atomic mass is 19.4. The number of methoxy groups -OCH3 is 2. The van der Waals surface area contributed by atoms with E-state index in [2.05, 4.69) is 4.98 Å². The second-order valence-corrected chi connectivity index (χ2v) is 4.02. The van der Waals surface area contributed by atoms with Gasteiger partial charge in [-0.3, -0.25) is 4.79 Å². The van der Waals surface area contributed by atoms with Crippen molar-refractivity contribution in [3.05, 3.63) is 40.4 Å². The SMILES string of the molecule is COc1cccc(-c2cc(=O)[nH]c(C(F)(F)F)n2)c1OC. The van der Waals surface area contributed by atoms with E-state index in [9.17, 15) is 18.0 Å². The minimum absolute atomic E-state index is 0.151. The van der Waals surface area contributed by atoms with E-state index in [4.69, 9.17) is 9.47 Å². The summed E-state index contributed by atoms with van der Waals surface area (Å²) in [6.07, 6.45) is -4.75. The van der Waals surface area contributed by atoms with Gasteiger partial charge in [-0.25, -0.2) is 4.98 Å². The molecule has 0 aliphatic carbocycles. The zero-order chi connectivity index (χ0) is 15.6. The molecule has 0 saturated carbocycles. The smallest absolute Gasteiger partial charge is 0.449 e. The molecule has 2 aromatic rings. The van der Waals surface area contributed by atoms with Crippen molar-refractivity contribution in [1.82, 2.24) is 9.97 Å². The summed E-state index contributed by atoms with van der Waals surface area (Å²) < 4.78 is 48.3. The van der Waals surface area contributed by atoms with E-state index in [0.29, 0.717) is 5.75 Å². The number of para-hydroxylation sites is 1. The van der Waals surface area contributed by atoms with Crippen molar-refractivity contribution in [2.45, 2.75) is 6.18 Å². The first-order chi connectivity index (χ1) is 9.86. The molecule has 0 amide bonds. The largest absolute Gasteiger partial charge is 0.493 e. The Balaban J connectivity index is 2.68. The summed E-state index contributed by atoms with van der Waals surface area (Å²) in [5.41, 5.74) is -0.826. The minimum atomic E-state index is -4.75. The van der Waals surface area contributed by atoms with Gasteiger partial charge in [-0.1, -0.05) is 6.07 Å². The molecule has 0 saturated heterocycles. The Morgan fingerprint density at radius 2 is 1.90 bits per heavy atom. The second-order valence-electron chi connectivity index (χ2n) is 4.02. The average Bonchev–Trinajstić information content (AvgIpc) is 2.44. The van der Waals surface area contributed by atoms with Crippen molar-refractivity contribution in [1.29, 1.82) is 0 Å². The number of aromatic amines is 1. The highest BCUT2D eigenvalue weighted by Crippen LogP contribution is 2.37. The number of aromatic nitrogens is 2. The Kier molecular flexibility index (Phi) is 3.88. The molecule has 1 heterocycles. The van der Waals surface area contributed by atoms with Gasteiger partial charge in [-0.15, -0.1) is 0 Å². The fraction of sp³-hybridized carbons (Fsp3) is 0.231.